The van der Waals surface area contributed by atoms with Gasteiger partial charge in [0.15, 0.2) is 0 Å². The Hall–Kier alpha value is 1.10. The summed E-state index contributed by atoms with van der Waals surface area (Å²) in [7, 11) is 15.0. The number of hydrogen-bond donors (Lipinski definition) is 0. The maximum atomic E-state index is 5.00. The quantitative estimate of drug-likeness (QED) is 0.618. The second-order valence-electron chi connectivity index (χ2n) is 2.84. The first kappa shape index (κ1) is 14.1. The van der Waals surface area contributed by atoms with Crippen LogP contribution in [0.1, 0.15) is 22.3 Å². The van der Waals surface area contributed by atoms with E-state index >= 15 is 0 Å². The molecule has 0 heterocycles. The average Bonchev–Trinajstić information content (AvgIpc) is 2.17. The second kappa shape index (κ2) is 6.56. The summed E-state index contributed by atoms with van der Waals surface area (Å²) in [6.45, 7) is 8.51. The van der Waals surface area contributed by atoms with Crippen LogP contribution in [-0.2, 0) is 18.2 Å². The predicted molar refractivity (Wildman–Crippen MR) is 57.4 cm³/mol. The molecule has 0 aliphatic heterocycles. The standard InChI is InChI=1S/C9H12.3ClH.Zr/c1-6-5-7(2)9(4)8(6)3;;;;/h1-4H3;3*1H;/q-2;;;;+3/p-3. The van der Waals surface area contributed by atoms with Crippen molar-refractivity contribution in [1.29, 1.82) is 0 Å². The van der Waals surface area contributed by atoms with Crippen LogP contribution in [0.3, 0.4) is 0 Å². The second-order valence-corrected chi connectivity index (χ2v) is 14.0. The zero-order chi connectivity index (χ0) is 10.6. The third-order valence-electron chi connectivity index (χ3n) is 2.06. The summed E-state index contributed by atoms with van der Waals surface area (Å²) < 4.78 is 0. The van der Waals surface area contributed by atoms with E-state index < -0.39 is 18.2 Å². The molecular weight excluding hydrogens is 306 g/mol. The van der Waals surface area contributed by atoms with Gasteiger partial charge in [0.05, 0.1) is 0 Å². The van der Waals surface area contributed by atoms with E-state index in [4.69, 9.17) is 25.5 Å². The van der Waals surface area contributed by atoms with Crippen molar-refractivity contribution >= 4 is 25.5 Å². The Morgan fingerprint density at radius 2 is 1.54 bits per heavy atom. The molecule has 0 aliphatic rings. The van der Waals surface area contributed by atoms with E-state index in [1.54, 1.807) is 0 Å². The Balaban J connectivity index is 0.000000310. The van der Waals surface area contributed by atoms with Crippen LogP contribution < -0.4 is 0 Å². The van der Waals surface area contributed by atoms with Crippen molar-refractivity contribution in [3.8, 4) is 0 Å². The van der Waals surface area contributed by atoms with Gasteiger partial charge < -0.3 is 6.07 Å². The number of hydrogen-bond acceptors (Lipinski definition) is 0. The molecule has 0 saturated carbocycles. The van der Waals surface area contributed by atoms with Crippen LogP contribution >= 0.6 is 25.5 Å². The molecular formula is C9H12Cl3Zr-2. The molecule has 0 spiro atoms. The topological polar surface area (TPSA) is 0 Å². The normalized spacial score (nSPS) is 9.15. The molecule has 0 fully saturated rings. The summed E-state index contributed by atoms with van der Waals surface area (Å²) in [5.74, 6) is 0. The van der Waals surface area contributed by atoms with E-state index in [0.717, 1.165) is 0 Å². The summed E-state index contributed by atoms with van der Waals surface area (Å²) in [5.41, 5.74) is 5.38. The third-order valence-corrected chi connectivity index (χ3v) is 2.06. The van der Waals surface area contributed by atoms with E-state index in [-0.39, 0.29) is 0 Å². The van der Waals surface area contributed by atoms with Gasteiger partial charge in [-0.1, -0.05) is 0 Å². The Bertz CT molecular complexity index is 241. The van der Waals surface area contributed by atoms with E-state index in [0.29, 0.717) is 0 Å². The molecule has 4 heteroatoms. The average molecular weight is 318 g/mol. The molecule has 0 bridgehead atoms. The molecule has 0 unspecified atom stereocenters. The van der Waals surface area contributed by atoms with E-state index in [1.807, 2.05) is 0 Å². The molecule has 75 valence electrons. The first-order valence-electron chi connectivity index (χ1n) is 3.82. The fraction of sp³-hybridized carbons (Fsp3) is 0.444. The van der Waals surface area contributed by atoms with E-state index in [9.17, 15) is 0 Å². The molecule has 0 N–H and O–H groups in total. The third kappa shape index (κ3) is 5.52. The Morgan fingerprint density at radius 1 is 1.15 bits per heavy atom. The van der Waals surface area contributed by atoms with Gasteiger partial charge >= 0.3 is 43.7 Å². The van der Waals surface area contributed by atoms with Gasteiger partial charge in [-0.2, -0.15) is 0 Å². The van der Waals surface area contributed by atoms with Gasteiger partial charge in [0.1, 0.15) is 0 Å². The van der Waals surface area contributed by atoms with Crippen molar-refractivity contribution in [2.45, 2.75) is 27.7 Å². The summed E-state index contributed by atoms with van der Waals surface area (Å²) in [4.78, 5) is 0. The zero-order valence-corrected chi connectivity index (χ0v) is 12.9. The number of rotatable bonds is 0. The monoisotopic (exact) mass is 315 g/mol. The fourth-order valence-corrected chi connectivity index (χ4v) is 1.03. The van der Waals surface area contributed by atoms with Gasteiger partial charge in [0, 0.05) is 0 Å². The molecule has 13 heavy (non-hydrogen) atoms. The molecule has 1 aromatic rings. The first-order chi connectivity index (χ1) is 5.86. The predicted octanol–water partition coefficient (Wildman–Crippen LogP) is 4.51. The van der Waals surface area contributed by atoms with Crippen LogP contribution in [0.15, 0.2) is 0 Å². The molecule has 0 radical (unpaired) electrons. The van der Waals surface area contributed by atoms with Crippen molar-refractivity contribution in [2.75, 3.05) is 0 Å². The molecule has 1 aromatic carbocycles. The van der Waals surface area contributed by atoms with Crippen molar-refractivity contribution in [3.63, 3.8) is 0 Å². The number of halogens is 3. The molecule has 0 nitrogen and oxygen atoms in total. The van der Waals surface area contributed by atoms with Crippen LogP contribution in [0, 0.1) is 33.8 Å². The van der Waals surface area contributed by atoms with Crippen molar-refractivity contribution < 1.29 is 18.2 Å². The fourth-order valence-electron chi connectivity index (χ4n) is 1.03. The Morgan fingerprint density at radius 3 is 1.62 bits per heavy atom. The summed E-state index contributed by atoms with van der Waals surface area (Å²) >= 11 is -2.13. The molecule has 1 rings (SSSR count). The van der Waals surface area contributed by atoms with Crippen molar-refractivity contribution in [3.05, 3.63) is 28.3 Å². The van der Waals surface area contributed by atoms with Gasteiger partial charge in [-0.3, -0.25) is 22.3 Å². The molecule has 0 amide bonds. The minimum absolute atomic E-state index is 1.30. The summed E-state index contributed by atoms with van der Waals surface area (Å²) in [6, 6.07) is 3.28. The SMILES string of the molecule is Cc1[c-][c-](C)c(C)c1C.[Cl][Zr]([Cl])[Cl]. The Labute approximate surface area is 98.9 Å². The maximum absolute atomic E-state index is 5.00. The first-order valence-corrected chi connectivity index (χ1v) is 13.3. The van der Waals surface area contributed by atoms with Crippen LogP contribution in [-0.4, -0.2) is 0 Å². The van der Waals surface area contributed by atoms with Crippen molar-refractivity contribution in [2.24, 2.45) is 0 Å². The molecule has 0 atom stereocenters. The summed E-state index contributed by atoms with van der Waals surface area (Å²) in [5, 5.41) is 0. The molecule has 0 saturated heterocycles. The van der Waals surface area contributed by atoms with Gasteiger partial charge in [0.25, 0.3) is 0 Å². The van der Waals surface area contributed by atoms with Crippen molar-refractivity contribution in [1.82, 2.24) is 0 Å². The van der Waals surface area contributed by atoms with Crippen LogP contribution in [0.25, 0.3) is 0 Å². The van der Waals surface area contributed by atoms with Gasteiger partial charge in [-0.25, -0.2) is 0 Å². The Kier molecular flexibility index (Phi) is 7.12. The molecule has 0 aromatic heterocycles. The van der Waals surface area contributed by atoms with E-state index in [2.05, 4.69) is 33.8 Å². The molecule has 0 aliphatic carbocycles. The number of aryl methyl sites for hydroxylation is 2. The minimum atomic E-state index is -2.13. The van der Waals surface area contributed by atoms with Crippen LogP contribution in [0.4, 0.5) is 0 Å². The van der Waals surface area contributed by atoms with Crippen LogP contribution in [0.2, 0.25) is 0 Å². The van der Waals surface area contributed by atoms with Crippen LogP contribution in [0.5, 0.6) is 0 Å². The summed E-state index contributed by atoms with van der Waals surface area (Å²) in [6.07, 6.45) is 0. The van der Waals surface area contributed by atoms with Gasteiger partial charge in [-0.15, -0.1) is 27.7 Å². The van der Waals surface area contributed by atoms with E-state index in [1.165, 1.54) is 22.3 Å². The van der Waals surface area contributed by atoms with Gasteiger partial charge in [-0.05, 0) is 0 Å². The van der Waals surface area contributed by atoms with Gasteiger partial charge in [0.2, 0.25) is 0 Å². The zero-order valence-electron chi connectivity index (χ0n) is 8.13.